The van der Waals surface area contributed by atoms with E-state index in [4.69, 9.17) is 0 Å². The van der Waals surface area contributed by atoms with E-state index in [0.29, 0.717) is 12.1 Å². The van der Waals surface area contributed by atoms with Crippen molar-refractivity contribution >= 4 is 49.1 Å². The third-order valence-electron chi connectivity index (χ3n) is 1.67. The van der Waals surface area contributed by atoms with Gasteiger partial charge in [-0.15, -0.1) is 11.3 Å². The minimum Gasteiger partial charge on any atom is -0.348 e. The maximum absolute atomic E-state index is 11.7. The number of allylic oxidation sites excluding steroid dienone is 1. The number of amides is 1. The Labute approximate surface area is 110 Å². The molecule has 1 N–H and O–H groups in total. The molecule has 0 bridgehead atoms. The molecule has 0 radical (unpaired) electrons. The molecular formula is C10H11Br2NOS. The summed E-state index contributed by atoms with van der Waals surface area (Å²) < 4.78 is 1.80. The Hall–Kier alpha value is -0.130. The van der Waals surface area contributed by atoms with E-state index < -0.39 is 0 Å². The number of hydrogen-bond acceptors (Lipinski definition) is 2. The maximum atomic E-state index is 11.7. The van der Waals surface area contributed by atoms with Crippen molar-refractivity contribution in [1.82, 2.24) is 5.32 Å². The summed E-state index contributed by atoms with van der Waals surface area (Å²) in [5, 5.41) is 2.82. The molecule has 15 heavy (non-hydrogen) atoms. The summed E-state index contributed by atoms with van der Waals surface area (Å²) in [6.07, 6.45) is 1.98. The molecule has 1 heterocycles. The zero-order chi connectivity index (χ0) is 11.4. The minimum atomic E-state index is -0.0543. The number of hydrogen-bond donors (Lipinski definition) is 1. The standard InChI is InChI=1S/C10H11Br2NOS/c1-6(2)3-4-13-10(14)7-5-8(11)15-9(7)12/h3,5H,4H2,1-2H3,(H,13,14). The average Bonchev–Trinajstić information content (AvgIpc) is 2.44. The van der Waals surface area contributed by atoms with Gasteiger partial charge in [-0.3, -0.25) is 4.79 Å². The third kappa shape index (κ3) is 4.09. The van der Waals surface area contributed by atoms with Gasteiger partial charge in [0.25, 0.3) is 5.91 Å². The molecule has 82 valence electrons. The Kier molecular flexibility index (Phi) is 5.02. The second-order valence-corrected chi connectivity index (χ2v) is 6.98. The molecule has 0 saturated carbocycles. The van der Waals surface area contributed by atoms with Crippen molar-refractivity contribution in [2.75, 3.05) is 6.54 Å². The number of rotatable bonds is 3. The SMILES string of the molecule is CC(C)=CCNC(=O)c1cc(Br)sc1Br. The maximum Gasteiger partial charge on any atom is 0.253 e. The van der Waals surface area contributed by atoms with Gasteiger partial charge in [-0.25, -0.2) is 0 Å². The fourth-order valence-electron chi connectivity index (χ4n) is 0.938. The van der Waals surface area contributed by atoms with Gasteiger partial charge in [0.05, 0.1) is 13.1 Å². The monoisotopic (exact) mass is 351 g/mol. The van der Waals surface area contributed by atoms with Crippen LogP contribution in [0.15, 0.2) is 25.3 Å². The Bertz CT molecular complexity index is 394. The lowest BCUT2D eigenvalue weighted by molar-refractivity contribution is 0.0957. The Morgan fingerprint density at radius 3 is 2.67 bits per heavy atom. The molecule has 0 aliphatic rings. The predicted molar refractivity (Wildman–Crippen MR) is 71.5 cm³/mol. The molecule has 0 saturated heterocycles. The lowest BCUT2D eigenvalue weighted by Crippen LogP contribution is -2.23. The van der Waals surface area contributed by atoms with Crippen LogP contribution in [0.25, 0.3) is 0 Å². The number of halogens is 2. The van der Waals surface area contributed by atoms with Gasteiger partial charge in [0, 0.05) is 6.54 Å². The van der Waals surface area contributed by atoms with E-state index in [2.05, 4.69) is 37.2 Å². The van der Waals surface area contributed by atoms with Crippen LogP contribution in [0.1, 0.15) is 24.2 Å². The smallest absolute Gasteiger partial charge is 0.253 e. The predicted octanol–water partition coefficient (Wildman–Crippen LogP) is 3.97. The van der Waals surface area contributed by atoms with Crippen molar-refractivity contribution in [3.05, 3.63) is 30.9 Å². The van der Waals surface area contributed by atoms with Crippen LogP contribution in [0.4, 0.5) is 0 Å². The summed E-state index contributed by atoms with van der Waals surface area (Å²) in [4.78, 5) is 11.7. The van der Waals surface area contributed by atoms with E-state index >= 15 is 0 Å². The molecule has 0 aromatic carbocycles. The van der Waals surface area contributed by atoms with Crippen LogP contribution < -0.4 is 5.32 Å². The molecule has 5 heteroatoms. The number of carbonyl (C=O) groups is 1. The fourth-order valence-corrected chi connectivity index (χ4v) is 3.73. The quantitative estimate of drug-likeness (QED) is 0.819. The first-order valence-electron chi connectivity index (χ1n) is 4.37. The van der Waals surface area contributed by atoms with Crippen LogP contribution in [0.5, 0.6) is 0 Å². The molecule has 1 aromatic rings. The van der Waals surface area contributed by atoms with E-state index in [-0.39, 0.29) is 5.91 Å². The lowest BCUT2D eigenvalue weighted by atomic mass is 10.3. The van der Waals surface area contributed by atoms with Crippen molar-refractivity contribution in [2.45, 2.75) is 13.8 Å². The molecular weight excluding hydrogens is 342 g/mol. The van der Waals surface area contributed by atoms with Gasteiger partial charge in [0.2, 0.25) is 0 Å². The van der Waals surface area contributed by atoms with Crippen LogP contribution in [0.2, 0.25) is 0 Å². The first-order chi connectivity index (χ1) is 7.00. The first kappa shape index (κ1) is 12.9. The van der Waals surface area contributed by atoms with Gasteiger partial charge in [0.1, 0.15) is 0 Å². The van der Waals surface area contributed by atoms with E-state index in [0.717, 1.165) is 7.57 Å². The van der Waals surface area contributed by atoms with E-state index in [1.54, 1.807) is 0 Å². The summed E-state index contributed by atoms with van der Waals surface area (Å²) in [6, 6.07) is 1.81. The van der Waals surface area contributed by atoms with Gasteiger partial charge >= 0.3 is 0 Å². The minimum absolute atomic E-state index is 0.0543. The van der Waals surface area contributed by atoms with Crippen molar-refractivity contribution in [3.63, 3.8) is 0 Å². The van der Waals surface area contributed by atoms with Crippen LogP contribution >= 0.6 is 43.2 Å². The molecule has 0 aliphatic carbocycles. The Morgan fingerprint density at radius 2 is 2.20 bits per heavy atom. The van der Waals surface area contributed by atoms with Gasteiger partial charge in [-0.05, 0) is 51.8 Å². The van der Waals surface area contributed by atoms with Gasteiger partial charge in [-0.2, -0.15) is 0 Å². The molecule has 2 nitrogen and oxygen atoms in total. The van der Waals surface area contributed by atoms with Crippen LogP contribution in [-0.4, -0.2) is 12.5 Å². The molecule has 1 amide bonds. The van der Waals surface area contributed by atoms with Gasteiger partial charge in [-0.1, -0.05) is 11.6 Å². The van der Waals surface area contributed by atoms with E-state index in [1.807, 2.05) is 26.0 Å². The summed E-state index contributed by atoms with van der Waals surface area (Å²) in [5.41, 5.74) is 1.87. The van der Waals surface area contributed by atoms with Crippen LogP contribution in [-0.2, 0) is 0 Å². The summed E-state index contributed by atoms with van der Waals surface area (Å²) in [6.45, 7) is 4.58. The zero-order valence-electron chi connectivity index (χ0n) is 8.43. The molecule has 0 spiro atoms. The molecule has 0 fully saturated rings. The molecule has 0 atom stereocenters. The highest BCUT2D eigenvalue weighted by Gasteiger charge is 2.12. The molecule has 1 aromatic heterocycles. The second kappa shape index (κ2) is 5.82. The number of carbonyl (C=O) groups excluding carboxylic acids is 1. The number of thiophene rings is 1. The van der Waals surface area contributed by atoms with Gasteiger partial charge in [0.15, 0.2) is 0 Å². The highest BCUT2D eigenvalue weighted by Crippen LogP contribution is 2.31. The third-order valence-corrected chi connectivity index (χ3v) is 4.01. The van der Waals surface area contributed by atoms with Crippen molar-refractivity contribution in [3.8, 4) is 0 Å². The van der Waals surface area contributed by atoms with Crippen LogP contribution in [0, 0.1) is 0 Å². The average molecular weight is 353 g/mol. The highest BCUT2D eigenvalue weighted by molar-refractivity contribution is 9.12. The Morgan fingerprint density at radius 1 is 1.53 bits per heavy atom. The normalized spacial score (nSPS) is 9.87. The lowest BCUT2D eigenvalue weighted by Gasteiger charge is -2.00. The van der Waals surface area contributed by atoms with E-state index in [9.17, 15) is 4.79 Å². The largest absolute Gasteiger partial charge is 0.348 e. The van der Waals surface area contributed by atoms with Gasteiger partial charge < -0.3 is 5.32 Å². The summed E-state index contributed by atoms with van der Waals surface area (Å²) in [7, 11) is 0. The topological polar surface area (TPSA) is 29.1 Å². The molecule has 0 unspecified atom stereocenters. The van der Waals surface area contributed by atoms with E-state index in [1.165, 1.54) is 16.9 Å². The molecule has 0 aliphatic heterocycles. The fraction of sp³-hybridized carbons (Fsp3) is 0.300. The van der Waals surface area contributed by atoms with Crippen molar-refractivity contribution in [2.24, 2.45) is 0 Å². The first-order valence-corrected chi connectivity index (χ1v) is 6.77. The highest BCUT2D eigenvalue weighted by atomic mass is 79.9. The zero-order valence-corrected chi connectivity index (χ0v) is 12.4. The van der Waals surface area contributed by atoms with Crippen molar-refractivity contribution in [1.29, 1.82) is 0 Å². The summed E-state index contributed by atoms with van der Waals surface area (Å²) >= 11 is 8.18. The Balaban J connectivity index is 2.62. The molecule has 1 rings (SSSR count). The summed E-state index contributed by atoms with van der Waals surface area (Å²) in [5.74, 6) is -0.0543. The van der Waals surface area contributed by atoms with Crippen LogP contribution in [0.3, 0.4) is 0 Å². The van der Waals surface area contributed by atoms with Crippen molar-refractivity contribution < 1.29 is 4.79 Å². The second-order valence-electron chi connectivity index (χ2n) is 3.23. The number of nitrogens with one attached hydrogen (secondary N) is 1.